The summed E-state index contributed by atoms with van der Waals surface area (Å²) in [5.41, 5.74) is 1.50. The van der Waals surface area contributed by atoms with Crippen LogP contribution in [0.2, 0.25) is 0 Å². The molecule has 0 bridgehead atoms. The predicted molar refractivity (Wildman–Crippen MR) is 110 cm³/mol. The van der Waals surface area contributed by atoms with Gasteiger partial charge in [0.1, 0.15) is 0 Å². The molecule has 1 atom stereocenters. The van der Waals surface area contributed by atoms with Crippen LogP contribution in [-0.2, 0) is 23.8 Å². The van der Waals surface area contributed by atoms with Crippen molar-refractivity contribution in [1.29, 1.82) is 0 Å². The number of carbonyl (C=O) groups excluding carboxylic acids is 1. The molecule has 0 unspecified atom stereocenters. The minimum atomic E-state index is -4.62. The fourth-order valence-corrected chi connectivity index (χ4v) is 4.91. The molecule has 158 valence electrons. The number of thiazole rings is 1. The normalized spacial score (nSPS) is 17.1. The van der Waals surface area contributed by atoms with Gasteiger partial charge in [0.2, 0.25) is 5.82 Å². The number of ketones is 1. The molecule has 2 aromatic heterocycles. The highest BCUT2D eigenvalue weighted by Gasteiger charge is 2.37. The lowest BCUT2D eigenvalue weighted by Gasteiger charge is -2.22. The summed E-state index contributed by atoms with van der Waals surface area (Å²) >= 11 is 1.27. The summed E-state index contributed by atoms with van der Waals surface area (Å²) in [6, 6.07) is 9.53. The minimum absolute atomic E-state index is 0.0524. The Bertz CT molecular complexity index is 1050. The molecule has 9 heteroatoms. The number of halogens is 3. The van der Waals surface area contributed by atoms with Crippen molar-refractivity contribution >= 4 is 32.6 Å². The Kier molecular flexibility index (Phi) is 5.73. The summed E-state index contributed by atoms with van der Waals surface area (Å²) in [6.07, 6.45) is -1.60. The SMILES string of the molecule is CCc1nc(C(F)(F)F)nc2nc(N3CCC[C@@H]3C(=O)CCc3ccccc3)sc12. The van der Waals surface area contributed by atoms with E-state index in [4.69, 9.17) is 0 Å². The Morgan fingerprint density at radius 1 is 1.20 bits per heavy atom. The van der Waals surface area contributed by atoms with Gasteiger partial charge in [0.25, 0.3) is 0 Å². The summed E-state index contributed by atoms with van der Waals surface area (Å²) in [7, 11) is 0. The molecule has 4 rings (SSSR count). The molecule has 0 spiro atoms. The molecular formula is C21H21F3N4OS. The van der Waals surface area contributed by atoms with Gasteiger partial charge in [-0.15, -0.1) is 0 Å². The van der Waals surface area contributed by atoms with Gasteiger partial charge in [-0.05, 0) is 31.2 Å². The topological polar surface area (TPSA) is 59.0 Å². The van der Waals surface area contributed by atoms with Crippen LogP contribution in [0, 0.1) is 0 Å². The van der Waals surface area contributed by atoms with E-state index in [1.807, 2.05) is 35.2 Å². The molecule has 30 heavy (non-hydrogen) atoms. The van der Waals surface area contributed by atoms with Gasteiger partial charge in [0.15, 0.2) is 16.6 Å². The maximum absolute atomic E-state index is 13.1. The molecule has 0 saturated carbocycles. The van der Waals surface area contributed by atoms with Crippen LogP contribution in [0.4, 0.5) is 18.3 Å². The van der Waals surface area contributed by atoms with Crippen molar-refractivity contribution in [2.75, 3.05) is 11.4 Å². The molecule has 1 saturated heterocycles. The van der Waals surface area contributed by atoms with Crippen LogP contribution in [0.3, 0.4) is 0 Å². The van der Waals surface area contributed by atoms with Gasteiger partial charge in [-0.1, -0.05) is 48.6 Å². The van der Waals surface area contributed by atoms with E-state index in [1.165, 1.54) is 11.3 Å². The first-order valence-corrected chi connectivity index (χ1v) is 10.8. The number of carbonyl (C=O) groups is 1. The van der Waals surface area contributed by atoms with Crippen LogP contribution in [0.25, 0.3) is 10.3 Å². The second-order valence-electron chi connectivity index (χ2n) is 7.30. The second-order valence-corrected chi connectivity index (χ2v) is 8.28. The van der Waals surface area contributed by atoms with E-state index >= 15 is 0 Å². The maximum atomic E-state index is 13.1. The van der Waals surface area contributed by atoms with Crippen LogP contribution in [0.1, 0.15) is 43.3 Å². The zero-order valence-corrected chi connectivity index (χ0v) is 17.3. The Balaban J connectivity index is 1.58. The number of rotatable bonds is 6. The van der Waals surface area contributed by atoms with Crippen molar-refractivity contribution in [2.45, 2.75) is 51.2 Å². The van der Waals surface area contributed by atoms with Crippen LogP contribution in [0.15, 0.2) is 30.3 Å². The Morgan fingerprint density at radius 2 is 1.97 bits per heavy atom. The highest BCUT2D eigenvalue weighted by molar-refractivity contribution is 7.22. The first kappa shape index (κ1) is 20.7. The van der Waals surface area contributed by atoms with Gasteiger partial charge >= 0.3 is 6.18 Å². The molecule has 3 aromatic rings. The van der Waals surface area contributed by atoms with E-state index in [-0.39, 0.29) is 17.5 Å². The summed E-state index contributed by atoms with van der Waals surface area (Å²) in [4.78, 5) is 26.5. The minimum Gasteiger partial charge on any atom is -0.338 e. The highest BCUT2D eigenvalue weighted by Crippen LogP contribution is 2.36. The van der Waals surface area contributed by atoms with E-state index in [1.54, 1.807) is 6.92 Å². The lowest BCUT2D eigenvalue weighted by Crippen LogP contribution is -2.36. The van der Waals surface area contributed by atoms with Crippen LogP contribution >= 0.6 is 11.3 Å². The molecule has 1 aliphatic heterocycles. The van der Waals surface area contributed by atoms with Gasteiger partial charge in [0, 0.05) is 13.0 Å². The molecule has 1 fully saturated rings. The zero-order valence-electron chi connectivity index (χ0n) is 16.4. The van der Waals surface area contributed by atoms with Crippen molar-refractivity contribution in [1.82, 2.24) is 15.0 Å². The number of hydrogen-bond acceptors (Lipinski definition) is 6. The van der Waals surface area contributed by atoms with Crippen molar-refractivity contribution in [3.05, 3.63) is 47.4 Å². The molecule has 5 nitrogen and oxygen atoms in total. The van der Waals surface area contributed by atoms with Crippen molar-refractivity contribution in [3.8, 4) is 0 Å². The number of Topliss-reactive ketones (excluding diaryl/α,β-unsaturated/α-hetero) is 1. The molecule has 0 aliphatic carbocycles. The quantitative estimate of drug-likeness (QED) is 0.556. The van der Waals surface area contributed by atoms with E-state index in [0.717, 1.165) is 18.4 Å². The third kappa shape index (κ3) is 4.16. The first-order chi connectivity index (χ1) is 14.4. The summed E-state index contributed by atoms with van der Waals surface area (Å²) < 4.78 is 39.9. The lowest BCUT2D eigenvalue weighted by molar-refractivity contribution is -0.144. The molecule has 0 radical (unpaired) electrons. The molecule has 3 heterocycles. The average Bonchev–Trinajstić information content (AvgIpc) is 3.38. The number of benzene rings is 1. The van der Waals surface area contributed by atoms with E-state index in [2.05, 4.69) is 15.0 Å². The van der Waals surface area contributed by atoms with Crippen molar-refractivity contribution in [3.63, 3.8) is 0 Å². The monoisotopic (exact) mass is 434 g/mol. The van der Waals surface area contributed by atoms with Gasteiger partial charge in [-0.3, -0.25) is 4.79 Å². The zero-order chi connectivity index (χ0) is 21.3. The summed E-state index contributed by atoms with van der Waals surface area (Å²) in [6.45, 7) is 2.41. The average molecular weight is 434 g/mol. The third-order valence-corrected chi connectivity index (χ3v) is 6.40. The second kappa shape index (κ2) is 8.29. The standard InChI is InChI=1S/C21H21F3N4OS/c1-2-14-17-18(26-19(25-14)21(22,23)24)27-20(30-17)28-12-6-9-15(28)16(29)11-10-13-7-4-3-5-8-13/h3-5,7-8,15H,2,6,9-12H2,1H3/t15-/m1/s1. The van der Waals surface area contributed by atoms with Crippen molar-refractivity contribution < 1.29 is 18.0 Å². The number of nitrogens with zero attached hydrogens (tertiary/aromatic N) is 4. The number of anilines is 1. The molecule has 1 aromatic carbocycles. The Morgan fingerprint density at radius 3 is 2.67 bits per heavy atom. The fraction of sp³-hybridized carbons (Fsp3) is 0.429. The Hall–Kier alpha value is -2.55. The largest absolute Gasteiger partial charge is 0.451 e. The van der Waals surface area contributed by atoms with Crippen molar-refractivity contribution in [2.24, 2.45) is 0 Å². The van der Waals surface area contributed by atoms with E-state index < -0.39 is 12.0 Å². The number of fused-ring (bicyclic) bond motifs is 1. The van der Waals surface area contributed by atoms with Gasteiger partial charge in [-0.25, -0.2) is 9.97 Å². The summed E-state index contributed by atoms with van der Waals surface area (Å²) in [5, 5.41) is 0.545. The van der Waals surface area contributed by atoms with Crippen LogP contribution < -0.4 is 4.90 Å². The Labute approximate surface area is 176 Å². The van der Waals surface area contributed by atoms with Gasteiger partial charge in [0.05, 0.1) is 16.4 Å². The predicted octanol–water partition coefficient (Wildman–Crippen LogP) is 4.84. The number of alkyl halides is 3. The lowest BCUT2D eigenvalue weighted by atomic mass is 10.0. The smallest absolute Gasteiger partial charge is 0.338 e. The number of hydrogen-bond donors (Lipinski definition) is 0. The summed E-state index contributed by atoms with van der Waals surface area (Å²) in [5.74, 6) is -1.03. The molecule has 1 aliphatic rings. The third-order valence-electron chi connectivity index (χ3n) is 5.27. The molecule has 0 N–H and O–H groups in total. The molecular weight excluding hydrogens is 413 g/mol. The first-order valence-electron chi connectivity index (χ1n) is 9.94. The number of aryl methyl sites for hydroxylation is 2. The number of aromatic nitrogens is 3. The van der Waals surface area contributed by atoms with Gasteiger partial charge in [-0.2, -0.15) is 18.2 Å². The van der Waals surface area contributed by atoms with Gasteiger partial charge < -0.3 is 4.90 Å². The van der Waals surface area contributed by atoms with E-state index in [0.29, 0.717) is 41.3 Å². The maximum Gasteiger partial charge on any atom is 0.451 e. The van der Waals surface area contributed by atoms with Crippen LogP contribution in [-0.4, -0.2) is 33.3 Å². The molecule has 0 amide bonds. The van der Waals surface area contributed by atoms with Crippen LogP contribution in [0.5, 0.6) is 0 Å². The fourth-order valence-electron chi connectivity index (χ4n) is 3.77. The highest BCUT2D eigenvalue weighted by atomic mass is 32.1. The van der Waals surface area contributed by atoms with E-state index in [9.17, 15) is 18.0 Å².